The van der Waals surface area contributed by atoms with Crippen molar-refractivity contribution in [3.05, 3.63) is 47.7 Å². The maximum Gasteiger partial charge on any atom is 0.255 e. The van der Waals surface area contributed by atoms with Gasteiger partial charge < -0.3 is 29.2 Å². The van der Waals surface area contributed by atoms with Crippen molar-refractivity contribution in [1.82, 2.24) is 25.0 Å². The SMILES string of the molecule is CC(C)[C@@H](NC(=O)c1ccccc1OCc1ncc(C(C)(C)C)o1)C(=O)N1CCC[C@@H]1C(=O)N1CCN(C)CC1. The lowest BCUT2D eigenvalue weighted by Crippen LogP contribution is -2.57. The van der Waals surface area contributed by atoms with E-state index in [4.69, 9.17) is 9.15 Å². The van der Waals surface area contributed by atoms with Crippen LogP contribution in [-0.2, 0) is 21.6 Å². The van der Waals surface area contributed by atoms with Gasteiger partial charge in [-0.2, -0.15) is 0 Å². The zero-order chi connectivity index (χ0) is 29.0. The highest BCUT2D eigenvalue weighted by Gasteiger charge is 2.40. The summed E-state index contributed by atoms with van der Waals surface area (Å²) in [6.45, 7) is 13.5. The van der Waals surface area contributed by atoms with Crippen LogP contribution in [0, 0.1) is 5.92 Å². The van der Waals surface area contributed by atoms with Gasteiger partial charge in [-0.3, -0.25) is 14.4 Å². The number of piperazine rings is 1. The first kappa shape index (κ1) is 29.6. The molecule has 0 bridgehead atoms. The zero-order valence-corrected chi connectivity index (χ0v) is 24.6. The van der Waals surface area contributed by atoms with Crippen molar-refractivity contribution in [2.24, 2.45) is 5.92 Å². The zero-order valence-electron chi connectivity index (χ0n) is 24.6. The topological polar surface area (TPSA) is 108 Å². The monoisotopic (exact) mass is 553 g/mol. The normalized spacial score (nSPS) is 19.1. The Kier molecular flexibility index (Phi) is 9.18. The van der Waals surface area contributed by atoms with Gasteiger partial charge in [0, 0.05) is 38.1 Å². The van der Waals surface area contributed by atoms with E-state index >= 15 is 0 Å². The maximum atomic E-state index is 13.8. The molecule has 10 nitrogen and oxygen atoms in total. The van der Waals surface area contributed by atoms with Gasteiger partial charge >= 0.3 is 0 Å². The third-order valence-corrected chi connectivity index (χ3v) is 7.63. The van der Waals surface area contributed by atoms with Gasteiger partial charge in [-0.25, -0.2) is 4.98 Å². The number of ether oxygens (including phenoxy) is 1. The Labute approximate surface area is 237 Å². The van der Waals surface area contributed by atoms with Gasteiger partial charge in [0.25, 0.3) is 5.91 Å². The van der Waals surface area contributed by atoms with Crippen LogP contribution in [0.5, 0.6) is 5.75 Å². The Morgan fingerprint density at radius 3 is 2.45 bits per heavy atom. The number of aromatic nitrogens is 1. The Balaban J connectivity index is 1.44. The highest BCUT2D eigenvalue weighted by atomic mass is 16.5. The summed E-state index contributed by atoms with van der Waals surface area (Å²) in [6, 6.07) is 5.65. The molecule has 4 rings (SSSR count). The van der Waals surface area contributed by atoms with Gasteiger partial charge in [0.2, 0.25) is 17.7 Å². The summed E-state index contributed by atoms with van der Waals surface area (Å²) in [6.07, 6.45) is 3.10. The van der Waals surface area contributed by atoms with Crippen LogP contribution in [0.3, 0.4) is 0 Å². The van der Waals surface area contributed by atoms with Crippen LogP contribution in [0.4, 0.5) is 0 Å². The molecule has 0 spiro atoms. The van der Waals surface area contributed by atoms with E-state index < -0.39 is 18.0 Å². The lowest BCUT2D eigenvalue weighted by molar-refractivity contribution is -0.146. The molecule has 2 aliphatic rings. The molecule has 2 atom stereocenters. The number of likely N-dealkylation sites (N-methyl/N-ethyl adjacent to an activating group) is 1. The minimum Gasteiger partial charge on any atom is -0.483 e. The number of hydrogen-bond donors (Lipinski definition) is 1. The molecule has 1 aromatic carbocycles. The third kappa shape index (κ3) is 6.83. The summed E-state index contributed by atoms with van der Waals surface area (Å²) in [5.41, 5.74) is 0.139. The first-order valence-electron chi connectivity index (χ1n) is 14.2. The number of carbonyl (C=O) groups is 3. The average molecular weight is 554 g/mol. The molecule has 3 amide bonds. The Bertz CT molecular complexity index is 1200. The van der Waals surface area contributed by atoms with Gasteiger partial charge in [0.1, 0.15) is 23.6 Å². The lowest BCUT2D eigenvalue weighted by atomic mass is 9.94. The fraction of sp³-hybridized carbons (Fsp3) is 0.600. The minimum atomic E-state index is -0.775. The van der Waals surface area contributed by atoms with Gasteiger partial charge in [-0.05, 0) is 37.9 Å². The Morgan fingerprint density at radius 1 is 1.10 bits per heavy atom. The predicted octanol–water partition coefficient (Wildman–Crippen LogP) is 3.07. The number of oxazole rings is 1. The number of nitrogens with one attached hydrogen (secondary N) is 1. The van der Waals surface area contributed by atoms with E-state index in [0.29, 0.717) is 43.3 Å². The van der Waals surface area contributed by atoms with Crippen LogP contribution in [0.2, 0.25) is 0 Å². The van der Waals surface area contributed by atoms with Crippen molar-refractivity contribution in [3.63, 3.8) is 0 Å². The minimum absolute atomic E-state index is 0.00711. The van der Waals surface area contributed by atoms with Gasteiger partial charge in [-0.15, -0.1) is 0 Å². The molecule has 1 N–H and O–H groups in total. The second-order valence-corrected chi connectivity index (χ2v) is 12.2. The molecule has 2 saturated heterocycles. The first-order valence-corrected chi connectivity index (χ1v) is 14.2. The van der Waals surface area contributed by atoms with Crippen molar-refractivity contribution in [1.29, 1.82) is 0 Å². The van der Waals surface area contributed by atoms with Crippen LogP contribution < -0.4 is 10.1 Å². The smallest absolute Gasteiger partial charge is 0.255 e. The molecule has 2 aliphatic heterocycles. The summed E-state index contributed by atoms with van der Waals surface area (Å²) in [5, 5.41) is 2.94. The van der Waals surface area contributed by atoms with Gasteiger partial charge in [-0.1, -0.05) is 46.8 Å². The summed E-state index contributed by atoms with van der Waals surface area (Å²) in [5.74, 6) is 0.741. The number of carbonyl (C=O) groups excluding carboxylic acids is 3. The number of nitrogens with zero attached hydrogens (tertiary/aromatic N) is 4. The maximum absolute atomic E-state index is 13.8. The van der Waals surface area contributed by atoms with E-state index in [2.05, 4.69) is 15.2 Å². The summed E-state index contributed by atoms with van der Waals surface area (Å²) in [7, 11) is 2.04. The molecular weight excluding hydrogens is 510 g/mol. The standard InChI is InChI=1S/C30H43N5O5/c1-20(2)26(29(38)35-13-9-11-22(35)28(37)34-16-14-33(6)15-17-34)32-27(36)21-10-7-8-12-23(21)39-19-25-31-18-24(40-25)30(3,4)5/h7-8,10,12,18,20,22,26H,9,11,13-17,19H2,1-6H3,(H,32,36)/t22-,26-/m1/s1. The second kappa shape index (κ2) is 12.4. The van der Waals surface area contributed by atoms with Crippen LogP contribution >= 0.6 is 0 Å². The molecule has 40 heavy (non-hydrogen) atoms. The molecule has 0 saturated carbocycles. The summed E-state index contributed by atoms with van der Waals surface area (Å²) in [4.78, 5) is 50.6. The number of amides is 3. The van der Waals surface area contributed by atoms with Gasteiger partial charge in [0.05, 0.1) is 11.8 Å². The van der Waals surface area contributed by atoms with Crippen molar-refractivity contribution in [2.45, 2.75) is 71.6 Å². The number of rotatable bonds is 8. The molecule has 10 heteroatoms. The van der Waals surface area contributed by atoms with Crippen molar-refractivity contribution in [2.75, 3.05) is 39.8 Å². The van der Waals surface area contributed by atoms with E-state index in [1.165, 1.54) is 0 Å². The van der Waals surface area contributed by atoms with Crippen LogP contribution in [-0.4, -0.2) is 89.3 Å². The van der Waals surface area contributed by atoms with Crippen LogP contribution in [0.15, 0.2) is 34.9 Å². The fourth-order valence-electron chi connectivity index (χ4n) is 5.08. The Hall–Kier alpha value is -3.40. The highest BCUT2D eigenvalue weighted by Crippen LogP contribution is 2.26. The van der Waals surface area contributed by atoms with E-state index in [-0.39, 0.29) is 29.8 Å². The summed E-state index contributed by atoms with van der Waals surface area (Å²) >= 11 is 0. The number of likely N-dealkylation sites (tertiary alicyclic amines) is 1. The number of benzene rings is 1. The van der Waals surface area contributed by atoms with E-state index in [1.807, 2.05) is 46.6 Å². The molecule has 3 heterocycles. The Morgan fingerprint density at radius 2 is 1.80 bits per heavy atom. The molecule has 218 valence electrons. The van der Waals surface area contributed by atoms with Crippen molar-refractivity contribution in [3.8, 4) is 5.75 Å². The number of hydrogen-bond acceptors (Lipinski definition) is 7. The molecular formula is C30H43N5O5. The molecule has 0 unspecified atom stereocenters. The second-order valence-electron chi connectivity index (χ2n) is 12.2. The molecule has 1 aromatic heterocycles. The molecule has 2 fully saturated rings. The highest BCUT2D eigenvalue weighted by molar-refractivity contribution is 6.00. The van der Waals surface area contributed by atoms with E-state index in [0.717, 1.165) is 25.3 Å². The van der Waals surface area contributed by atoms with Crippen molar-refractivity contribution >= 4 is 17.7 Å². The largest absolute Gasteiger partial charge is 0.483 e. The quantitative estimate of drug-likeness (QED) is 0.535. The average Bonchev–Trinajstić information content (AvgIpc) is 3.60. The number of para-hydroxylation sites is 1. The van der Waals surface area contributed by atoms with E-state index in [9.17, 15) is 14.4 Å². The molecule has 0 radical (unpaired) electrons. The predicted molar refractivity (Wildman–Crippen MR) is 151 cm³/mol. The van der Waals surface area contributed by atoms with Crippen LogP contribution in [0.25, 0.3) is 0 Å². The molecule has 2 aromatic rings. The van der Waals surface area contributed by atoms with Gasteiger partial charge in [0.15, 0.2) is 6.61 Å². The summed E-state index contributed by atoms with van der Waals surface area (Å²) < 4.78 is 11.7. The lowest BCUT2D eigenvalue weighted by Gasteiger charge is -2.37. The van der Waals surface area contributed by atoms with E-state index in [1.54, 1.807) is 35.4 Å². The fourth-order valence-corrected chi connectivity index (χ4v) is 5.08. The third-order valence-electron chi connectivity index (χ3n) is 7.63. The van der Waals surface area contributed by atoms with Crippen molar-refractivity contribution < 1.29 is 23.5 Å². The molecule has 0 aliphatic carbocycles. The first-order chi connectivity index (χ1) is 19.0. The van der Waals surface area contributed by atoms with Crippen LogP contribution in [0.1, 0.15) is 69.5 Å².